The van der Waals surface area contributed by atoms with E-state index in [-0.39, 0.29) is 35.1 Å². The summed E-state index contributed by atoms with van der Waals surface area (Å²) in [5.41, 5.74) is 1.33. The van der Waals surface area contributed by atoms with Crippen molar-refractivity contribution in [2.24, 2.45) is 0 Å². The van der Waals surface area contributed by atoms with Crippen LogP contribution in [-0.4, -0.2) is 42.0 Å². The summed E-state index contributed by atoms with van der Waals surface area (Å²) in [6.45, 7) is 0.0588. The van der Waals surface area contributed by atoms with E-state index in [4.69, 9.17) is 23.2 Å². The summed E-state index contributed by atoms with van der Waals surface area (Å²) in [5.74, 6) is -0.987. The molecule has 2 aromatic carbocycles. The van der Waals surface area contributed by atoms with Crippen LogP contribution in [0, 0.1) is 0 Å². The minimum absolute atomic E-state index is 0.151. The lowest BCUT2D eigenvalue weighted by molar-refractivity contribution is -0.120. The van der Waals surface area contributed by atoms with Crippen LogP contribution < -0.4 is 4.90 Å². The number of carbonyl (C=O) groups excluding carboxylic acids is 2. The molecule has 0 unspecified atom stereocenters. The lowest BCUT2D eigenvalue weighted by Crippen LogP contribution is -2.35. The van der Waals surface area contributed by atoms with Crippen LogP contribution in [0.2, 0.25) is 10.0 Å². The molecule has 0 saturated heterocycles. The molecule has 0 radical (unpaired) electrons. The van der Waals surface area contributed by atoms with Crippen molar-refractivity contribution in [3.05, 3.63) is 69.8 Å². The molecule has 1 heterocycles. The SMILES string of the molecule is CN(CCO)C1=C(c2ccccc2)C(=O)N(c2cc(Cl)ccc2Cl)C1=O. The van der Waals surface area contributed by atoms with E-state index in [1.54, 1.807) is 42.3 Å². The Kier molecular flexibility index (Phi) is 5.32. The van der Waals surface area contributed by atoms with Gasteiger partial charge in [0.25, 0.3) is 11.8 Å². The van der Waals surface area contributed by atoms with Crippen LogP contribution in [0.1, 0.15) is 5.56 Å². The molecule has 134 valence electrons. The molecule has 0 atom stereocenters. The van der Waals surface area contributed by atoms with E-state index >= 15 is 0 Å². The van der Waals surface area contributed by atoms with Gasteiger partial charge in [-0.3, -0.25) is 9.59 Å². The predicted octanol–water partition coefficient (Wildman–Crippen LogP) is 3.20. The van der Waals surface area contributed by atoms with E-state index in [1.807, 2.05) is 6.07 Å². The largest absolute Gasteiger partial charge is 0.395 e. The standard InChI is InChI=1S/C19H16Cl2N2O3/c1-22(9-10-24)17-16(12-5-3-2-4-6-12)18(25)23(19(17)26)15-11-13(20)7-8-14(15)21/h2-8,11,24H,9-10H2,1H3. The zero-order valence-electron chi connectivity index (χ0n) is 13.9. The summed E-state index contributed by atoms with van der Waals surface area (Å²) < 4.78 is 0. The molecule has 26 heavy (non-hydrogen) atoms. The quantitative estimate of drug-likeness (QED) is 0.796. The fourth-order valence-corrected chi connectivity index (χ4v) is 3.24. The van der Waals surface area contributed by atoms with Gasteiger partial charge in [0.1, 0.15) is 5.70 Å². The van der Waals surface area contributed by atoms with Crippen molar-refractivity contribution in [1.29, 1.82) is 0 Å². The predicted molar refractivity (Wildman–Crippen MR) is 102 cm³/mol. The van der Waals surface area contributed by atoms with Crippen molar-refractivity contribution in [2.75, 3.05) is 25.1 Å². The smallest absolute Gasteiger partial charge is 0.282 e. The summed E-state index contributed by atoms with van der Waals surface area (Å²) in [5, 5.41) is 9.87. The number of nitrogens with zero attached hydrogens (tertiary/aromatic N) is 2. The fourth-order valence-electron chi connectivity index (χ4n) is 2.88. The number of imide groups is 1. The number of aliphatic hydroxyl groups excluding tert-OH is 1. The Bertz CT molecular complexity index is 897. The molecule has 0 saturated carbocycles. The van der Waals surface area contributed by atoms with Gasteiger partial charge >= 0.3 is 0 Å². The fraction of sp³-hybridized carbons (Fsp3) is 0.158. The first-order valence-electron chi connectivity index (χ1n) is 7.91. The highest BCUT2D eigenvalue weighted by Gasteiger charge is 2.42. The Morgan fingerprint density at radius 2 is 1.73 bits per heavy atom. The van der Waals surface area contributed by atoms with E-state index in [1.165, 1.54) is 12.1 Å². The van der Waals surface area contributed by atoms with Crippen molar-refractivity contribution >= 4 is 46.3 Å². The van der Waals surface area contributed by atoms with Gasteiger partial charge < -0.3 is 10.0 Å². The van der Waals surface area contributed by atoms with Crippen molar-refractivity contribution in [3.8, 4) is 0 Å². The molecular weight excluding hydrogens is 375 g/mol. The molecule has 0 aromatic heterocycles. The number of likely N-dealkylation sites (N-methyl/N-ethyl adjacent to an activating group) is 1. The number of carbonyl (C=O) groups is 2. The first-order chi connectivity index (χ1) is 12.5. The monoisotopic (exact) mass is 390 g/mol. The van der Waals surface area contributed by atoms with Gasteiger partial charge in [0, 0.05) is 18.6 Å². The van der Waals surface area contributed by atoms with Gasteiger partial charge in [0.15, 0.2) is 0 Å². The molecule has 0 spiro atoms. The van der Waals surface area contributed by atoms with E-state index < -0.39 is 11.8 Å². The summed E-state index contributed by atoms with van der Waals surface area (Å²) in [7, 11) is 1.66. The lowest BCUT2D eigenvalue weighted by Gasteiger charge is -2.21. The van der Waals surface area contributed by atoms with Gasteiger partial charge in [-0.05, 0) is 23.8 Å². The highest BCUT2D eigenvalue weighted by Crippen LogP contribution is 2.38. The molecule has 1 aliphatic rings. The van der Waals surface area contributed by atoms with Crippen molar-refractivity contribution in [1.82, 2.24) is 4.90 Å². The van der Waals surface area contributed by atoms with Gasteiger partial charge in [0.05, 0.1) is 22.9 Å². The Labute approximate surface area is 161 Å². The lowest BCUT2D eigenvalue weighted by atomic mass is 10.0. The highest BCUT2D eigenvalue weighted by molar-refractivity contribution is 6.47. The second kappa shape index (κ2) is 7.50. The van der Waals surface area contributed by atoms with E-state index in [9.17, 15) is 14.7 Å². The third kappa shape index (κ3) is 3.21. The van der Waals surface area contributed by atoms with Gasteiger partial charge in [0.2, 0.25) is 0 Å². The van der Waals surface area contributed by atoms with Gasteiger partial charge in [-0.15, -0.1) is 0 Å². The topological polar surface area (TPSA) is 60.9 Å². The summed E-state index contributed by atoms with van der Waals surface area (Å²) in [6.07, 6.45) is 0. The number of hydrogen-bond donors (Lipinski definition) is 1. The van der Waals surface area contributed by atoms with E-state index in [2.05, 4.69) is 0 Å². The molecule has 0 bridgehead atoms. The molecule has 2 amide bonds. The number of amides is 2. The Hall–Kier alpha value is -2.34. The second-order valence-electron chi connectivity index (χ2n) is 5.78. The van der Waals surface area contributed by atoms with Gasteiger partial charge in [-0.25, -0.2) is 4.90 Å². The Balaban J connectivity index is 2.16. The minimum atomic E-state index is -0.506. The third-order valence-electron chi connectivity index (χ3n) is 4.09. The van der Waals surface area contributed by atoms with Crippen molar-refractivity contribution in [2.45, 2.75) is 0 Å². The molecule has 3 rings (SSSR count). The van der Waals surface area contributed by atoms with Crippen LogP contribution in [0.5, 0.6) is 0 Å². The number of hydrogen-bond acceptors (Lipinski definition) is 4. The average Bonchev–Trinajstić information content (AvgIpc) is 2.89. The maximum atomic E-state index is 13.2. The van der Waals surface area contributed by atoms with Gasteiger partial charge in [-0.1, -0.05) is 53.5 Å². The van der Waals surface area contributed by atoms with Crippen LogP contribution in [0.25, 0.3) is 5.57 Å². The number of aliphatic hydroxyl groups is 1. The maximum absolute atomic E-state index is 13.2. The van der Waals surface area contributed by atoms with Crippen LogP contribution in [-0.2, 0) is 9.59 Å². The number of rotatable bonds is 5. The van der Waals surface area contributed by atoms with Crippen molar-refractivity contribution in [3.63, 3.8) is 0 Å². The normalized spacial score (nSPS) is 14.4. The van der Waals surface area contributed by atoms with E-state index in [0.717, 1.165) is 4.90 Å². The zero-order chi connectivity index (χ0) is 18.8. The molecule has 0 aliphatic carbocycles. The molecule has 1 aliphatic heterocycles. The minimum Gasteiger partial charge on any atom is -0.395 e. The molecular formula is C19H16Cl2N2O3. The first kappa shape index (κ1) is 18.5. The van der Waals surface area contributed by atoms with Crippen LogP contribution in [0.3, 0.4) is 0 Å². The Morgan fingerprint density at radius 1 is 1.04 bits per heavy atom. The molecule has 2 aromatic rings. The number of anilines is 1. The molecule has 7 heteroatoms. The summed E-state index contributed by atoms with van der Waals surface area (Å²) in [4.78, 5) is 28.9. The van der Waals surface area contributed by atoms with Crippen LogP contribution in [0.4, 0.5) is 5.69 Å². The summed E-state index contributed by atoms with van der Waals surface area (Å²) >= 11 is 12.2. The molecule has 5 nitrogen and oxygen atoms in total. The van der Waals surface area contributed by atoms with Crippen molar-refractivity contribution < 1.29 is 14.7 Å². The highest BCUT2D eigenvalue weighted by atomic mass is 35.5. The first-order valence-corrected chi connectivity index (χ1v) is 8.66. The molecule has 1 N–H and O–H groups in total. The zero-order valence-corrected chi connectivity index (χ0v) is 15.5. The third-order valence-corrected chi connectivity index (χ3v) is 4.64. The summed E-state index contributed by atoms with van der Waals surface area (Å²) in [6, 6.07) is 13.5. The maximum Gasteiger partial charge on any atom is 0.282 e. The average molecular weight is 391 g/mol. The molecule has 0 fully saturated rings. The Morgan fingerprint density at radius 3 is 2.38 bits per heavy atom. The van der Waals surface area contributed by atoms with Crippen LogP contribution in [0.15, 0.2) is 54.2 Å². The number of halogens is 2. The van der Waals surface area contributed by atoms with E-state index in [0.29, 0.717) is 10.6 Å². The number of benzene rings is 2. The second-order valence-corrected chi connectivity index (χ2v) is 6.62. The van der Waals surface area contributed by atoms with Crippen LogP contribution >= 0.6 is 23.2 Å². The van der Waals surface area contributed by atoms with Gasteiger partial charge in [-0.2, -0.15) is 0 Å².